The molecule has 6 heteroatoms. The molecule has 0 aliphatic heterocycles. The van der Waals surface area contributed by atoms with Crippen molar-refractivity contribution in [2.24, 2.45) is 0 Å². The zero-order valence-corrected chi connectivity index (χ0v) is 13.2. The van der Waals surface area contributed by atoms with Crippen LogP contribution in [0.5, 0.6) is 5.75 Å². The van der Waals surface area contributed by atoms with Crippen molar-refractivity contribution >= 4 is 40.5 Å². The monoisotopic (exact) mass is 348 g/mol. The van der Waals surface area contributed by atoms with Crippen molar-refractivity contribution in [1.82, 2.24) is 0 Å². The molecule has 23 heavy (non-hydrogen) atoms. The van der Waals surface area contributed by atoms with Crippen LogP contribution in [0.4, 0.5) is 0 Å². The maximum Gasteiger partial charge on any atom is 0.342 e. The Bertz CT molecular complexity index is 947. The Balaban J connectivity index is 1.91. The van der Waals surface area contributed by atoms with E-state index in [0.717, 1.165) is 0 Å². The van der Waals surface area contributed by atoms with Gasteiger partial charge in [-0.2, -0.15) is 0 Å². The third kappa shape index (κ3) is 3.38. The Morgan fingerprint density at radius 2 is 1.78 bits per heavy atom. The SMILES string of the molecule is O=Cc1cc(Cl)ccc1OCc1cc2cc(Cl)ccc2oc1=O. The fourth-order valence-corrected chi connectivity index (χ4v) is 2.50. The van der Waals surface area contributed by atoms with E-state index in [-0.39, 0.29) is 6.61 Å². The zero-order valence-electron chi connectivity index (χ0n) is 11.7. The van der Waals surface area contributed by atoms with E-state index < -0.39 is 5.63 Å². The second-order valence-corrected chi connectivity index (χ2v) is 5.70. The van der Waals surface area contributed by atoms with E-state index in [1.165, 1.54) is 6.07 Å². The molecule has 0 saturated carbocycles. The van der Waals surface area contributed by atoms with E-state index >= 15 is 0 Å². The van der Waals surface area contributed by atoms with Crippen LogP contribution >= 0.6 is 23.2 Å². The minimum Gasteiger partial charge on any atom is -0.488 e. The van der Waals surface area contributed by atoms with E-state index in [0.29, 0.717) is 44.2 Å². The maximum absolute atomic E-state index is 12.0. The van der Waals surface area contributed by atoms with Gasteiger partial charge in [-0.05, 0) is 42.5 Å². The van der Waals surface area contributed by atoms with E-state index in [9.17, 15) is 9.59 Å². The van der Waals surface area contributed by atoms with Crippen LogP contribution in [0.25, 0.3) is 11.0 Å². The number of fused-ring (bicyclic) bond motifs is 1. The highest BCUT2D eigenvalue weighted by Gasteiger charge is 2.09. The average Bonchev–Trinajstić information content (AvgIpc) is 2.54. The molecule has 2 aromatic carbocycles. The molecule has 0 fully saturated rings. The molecule has 0 aliphatic carbocycles. The van der Waals surface area contributed by atoms with E-state index in [2.05, 4.69) is 0 Å². The van der Waals surface area contributed by atoms with Crippen LogP contribution in [0.15, 0.2) is 51.7 Å². The van der Waals surface area contributed by atoms with E-state index in [1.54, 1.807) is 36.4 Å². The Labute approximate surface area is 141 Å². The predicted molar refractivity (Wildman–Crippen MR) is 88.7 cm³/mol. The number of hydrogen-bond acceptors (Lipinski definition) is 4. The third-order valence-corrected chi connectivity index (χ3v) is 3.72. The first-order valence-electron chi connectivity index (χ1n) is 6.66. The summed E-state index contributed by atoms with van der Waals surface area (Å²) in [6.07, 6.45) is 0.643. The van der Waals surface area contributed by atoms with Crippen LogP contribution in [0.2, 0.25) is 10.0 Å². The molecule has 1 aromatic heterocycles. The van der Waals surface area contributed by atoms with Crippen molar-refractivity contribution in [3.63, 3.8) is 0 Å². The second-order valence-electron chi connectivity index (χ2n) is 4.83. The molecule has 0 N–H and O–H groups in total. The Hall–Kier alpha value is -2.30. The number of carbonyl (C=O) groups excluding carboxylic acids is 1. The Kier molecular flexibility index (Phi) is 4.37. The smallest absolute Gasteiger partial charge is 0.342 e. The lowest BCUT2D eigenvalue weighted by molar-refractivity contribution is 0.111. The number of rotatable bonds is 4. The van der Waals surface area contributed by atoms with Gasteiger partial charge in [0.2, 0.25) is 0 Å². The first kappa shape index (κ1) is 15.6. The van der Waals surface area contributed by atoms with Crippen LogP contribution in [0, 0.1) is 0 Å². The van der Waals surface area contributed by atoms with Gasteiger partial charge >= 0.3 is 5.63 Å². The molecule has 0 amide bonds. The van der Waals surface area contributed by atoms with Gasteiger partial charge in [0.25, 0.3) is 0 Å². The van der Waals surface area contributed by atoms with Gasteiger partial charge in [-0.25, -0.2) is 4.79 Å². The highest BCUT2D eigenvalue weighted by molar-refractivity contribution is 6.31. The fraction of sp³-hybridized carbons (Fsp3) is 0.0588. The van der Waals surface area contributed by atoms with E-state index in [1.807, 2.05) is 0 Å². The van der Waals surface area contributed by atoms with Gasteiger partial charge in [-0.15, -0.1) is 0 Å². The first-order chi connectivity index (χ1) is 11.1. The summed E-state index contributed by atoms with van der Waals surface area (Å²) < 4.78 is 10.8. The maximum atomic E-state index is 12.0. The lowest BCUT2D eigenvalue weighted by Gasteiger charge is -2.08. The van der Waals surface area contributed by atoms with Crippen molar-refractivity contribution < 1.29 is 13.9 Å². The molecule has 3 aromatic rings. The molecule has 0 saturated heterocycles. The standard InChI is InChI=1S/C17H10Cl2O4/c18-13-2-4-16-10(6-13)5-12(17(21)23-16)9-22-15-3-1-14(19)7-11(15)8-20/h1-8H,9H2. The zero-order chi connectivity index (χ0) is 16.4. The minimum atomic E-state index is -0.499. The molecule has 0 bridgehead atoms. The minimum absolute atomic E-state index is 0.0345. The second kappa shape index (κ2) is 6.44. The molecular weight excluding hydrogens is 339 g/mol. The molecule has 0 atom stereocenters. The predicted octanol–water partition coefficient (Wildman–Crippen LogP) is 4.49. The van der Waals surface area contributed by atoms with Crippen LogP contribution in [0.1, 0.15) is 15.9 Å². The molecule has 0 unspecified atom stereocenters. The number of aldehydes is 1. The van der Waals surface area contributed by atoms with Gasteiger partial charge in [0, 0.05) is 15.4 Å². The van der Waals surface area contributed by atoms with Gasteiger partial charge in [0.15, 0.2) is 6.29 Å². The molecule has 4 nitrogen and oxygen atoms in total. The summed E-state index contributed by atoms with van der Waals surface area (Å²) in [5, 5.41) is 1.67. The van der Waals surface area contributed by atoms with Crippen LogP contribution < -0.4 is 10.4 Å². The molecule has 0 aliphatic rings. The third-order valence-electron chi connectivity index (χ3n) is 3.25. The Morgan fingerprint density at radius 1 is 1.04 bits per heavy atom. The molecule has 0 spiro atoms. The highest BCUT2D eigenvalue weighted by atomic mass is 35.5. The topological polar surface area (TPSA) is 56.5 Å². The van der Waals surface area contributed by atoms with Crippen molar-refractivity contribution in [1.29, 1.82) is 0 Å². The summed E-state index contributed by atoms with van der Waals surface area (Å²) in [6.45, 7) is -0.0345. The molecule has 116 valence electrons. The van der Waals surface area contributed by atoms with E-state index in [4.69, 9.17) is 32.4 Å². The molecular formula is C17H10Cl2O4. The number of benzene rings is 2. The van der Waals surface area contributed by atoms with Crippen LogP contribution in [-0.2, 0) is 6.61 Å². The lowest BCUT2D eigenvalue weighted by atomic mass is 10.2. The summed E-state index contributed by atoms with van der Waals surface area (Å²) in [4.78, 5) is 23.0. The average molecular weight is 349 g/mol. The lowest BCUT2D eigenvalue weighted by Crippen LogP contribution is -2.10. The summed E-state index contributed by atoms with van der Waals surface area (Å²) in [5.41, 5.74) is 0.585. The largest absolute Gasteiger partial charge is 0.488 e. The number of carbonyl (C=O) groups is 1. The normalized spacial score (nSPS) is 10.7. The summed E-state index contributed by atoms with van der Waals surface area (Å²) in [5.74, 6) is 0.343. The van der Waals surface area contributed by atoms with Crippen LogP contribution in [0.3, 0.4) is 0 Å². The Morgan fingerprint density at radius 3 is 2.57 bits per heavy atom. The summed E-state index contributed by atoms with van der Waals surface area (Å²) in [7, 11) is 0. The van der Waals surface area contributed by atoms with Gasteiger partial charge < -0.3 is 9.15 Å². The van der Waals surface area contributed by atoms with Gasteiger partial charge in [0.05, 0.1) is 11.1 Å². The number of halogens is 2. The van der Waals surface area contributed by atoms with Crippen molar-refractivity contribution in [2.75, 3.05) is 0 Å². The quantitative estimate of drug-likeness (QED) is 0.514. The molecule has 3 rings (SSSR count). The van der Waals surface area contributed by atoms with Crippen LogP contribution in [-0.4, -0.2) is 6.29 Å². The van der Waals surface area contributed by atoms with Gasteiger partial charge in [-0.1, -0.05) is 23.2 Å². The first-order valence-corrected chi connectivity index (χ1v) is 7.42. The summed E-state index contributed by atoms with van der Waals surface area (Å²) >= 11 is 11.8. The van der Waals surface area contributed by atoms with Gasteiger partial charge in [-0.3, -0.25) is 4.79 Å². The summed E-state index contributed by atoms with van der Waals surface area (Å²) in [6, 6.07) is 11.3. The molecule has 1 heterocycles. The van der Waals surface area contributed by atoms with Crippen molar-refractivity contribution in [3.8, 4) is 5.75 Å². The van der Waals surface area contributed by atoms with Crippen molar-refractivity contribution in [3.05, 3.63) is 74.1 Å². The number of hydrogen-bond donors (Lipinski definition) is 0. The number of ether oxygens (including phenoxy) is 1. The fourth-order valence-electron chi connectivity index (χ4n) is 2.14. The van der Waals surface area contributed by atoms with Gasteiger partial charge in [0.1, 0.15) is 17.9 Å². The van der Waals surface area contributed by atoms with Crippen molar-refractivity contribution in [2.45, 2.75) is 6.61 Å². The highest BCUT2D eigenvalue weighted by Crippen LogP contribution is 2.23. The molecule has 0 radical (unpaired) electrons.